The second kappa shape index (κ2) is 7.31. The van der Waals surface area contributed by atoms with Gasteiger partial charge in [-0.05, 0) is 36.8 Å². The maximum atomic E-state index is 12.3. The molecule has 2 aromatic rings. The Labute approximate surface area is 134 Å². The van der Waals surface area contributed by atoms with Crippen molar-refractivity contribution in [2.24, 2.45) is 0 Å². The molecule has 3 N–H and O–H groups in total. The summed E-state index contributed by atoms with van der Waals surface area (Å²) in [6.07, 6.45) is 0.440. The predicted octanol–water partition coefficient (Wildman–Crippen LogP) is 2.46. The van der Waals surface area contributed by atoms with Crippen LogP contribution in [0, 0.1) is 0 Å². The van der Waals surface area contributed by atoms with Crippen molar-refractivity contribution in [2.75, 3.05) is 12.4 Å². The van der Waals surface area contributed by atoms with E-state index < -0.39 is 5.91 Å². The molecule has 23 heavy (non-hydrogen) atoms. The molecule has 1 unspecified atom stereocenters. The van der Waals surface area contributed by atoms with E-state index in [1.54, 1.807) is 13.2 Å². The number of phenolic OH excluding ortho intramolecular Hbond substituents is 1. The summed E-state index contributed by atoms with van der Waals surface area (Å²) in [6, 6.07) is 11.6. The van der Waals surface area contributed by atoms with Crippen molar-refractivity contribution in [1.29, 1.82) is 0 Å². The molecule has 0 aliphatic heterocycles. The van der Waals surface area contributed by atoms with Crippen molar-refractivity contribution in [3.63, 3.8) is 0 Å². The van der Waals surface area contributed by atoms with Crippen molar-refractivity contribution in [1.82, 2.24) is 5.32 Å². The Morgan fingerprint density at radius 2 is 2.00 bits per heavy atom. The Hall–Kier alpha value is -3.02. The van der Waals surface area contributed by atoms with Gasteiger partial charge < -0.3 is 20.5 Å². The van der Waals surface area contributed by atoms with Crippen LogP contribution in [0.5, 0.6) is 11.5 Å². The first kappa shape index (κ1) is 16.4. The van der Waals surface area contributed by atoms with Gasteiger partial charge in [0, 0.05) is 0 Å². The molecule has 0 aliphatic carbocycles. The number of aromatic hydroxyl groups is 1. The summed E-state index contributed by atoms with van der Waals surface area (Å²) in [7, 11) is 1.58. The largest absolute Gasteiger partial charge is 0.505 e. The van der Waals surface area contributed by atoms with E-state index in [9.17, 15) is 14.7 Å². The Bertz CT molecular complexity index is 715. The monoisotopic (exact) mass is 314 g/mol. The highest BCUT2D eigenvalue weighted by Crippen LogP contribution is 2.27. The molecule has 2 aromatic carbocycles. The minimum absolute atomic E-state index is 0.0894. The number of amides is 2. The number of hydrogen-bond acceptors (Lipinski definition) is 4. The fourth-order valence-corrected chi connectivity index (χ4v) is 2.18. The number of rotatable bonds is 6. The lowest BCUT2D eigenvalue weighted by Crippen LogP contribution is -2.26. The van der Waals surface area contributed by atoms with E-state index in [-0.39, 0.29) is 23.0 Å². The molecule has 0 aromatic heterocycles. The molecule has 2 amide bonds. The Kier molecular flexibility index (Phi) is 5.19. The van der Waals surface area contributed by atoms with E-state index >= 15 is 0 Å². The molecule has 2 rings (SSSR count). The van der Waals surface area contributed by atoms with Crippen molar-refractivity contribution in [3.05, 3.63) is 53.6 Å². The Morgan fingerprint density at radius 1 is 1.26 bits per heavy atom. The Morgan fingerprint density at radius 3 is 2.70 bits per heavy atom. The van der Waals surface area contributed by atoms with Gasteiger partial charge in [0.05, 0.1) is 24.4 Å². The van der Waals surface area contributed by atoms with Crippen molar-refractivity contribution >= 4 is 18.0 Å². The fourth-order valence-electron chi connectivity index (χ4n) is 2.18. The quantitative estimate of drug-likeness (QED) is 0.564. The lowest BCUT2D eigenvalue weighted by molar-refractivity contribution is -0.105. The molecular weight excluding hydrogens is 296 g/mol. The lowest BCUT2D eigenvalue weighted by Gasteiger charge is -2.16. The van der Waals surface area contributed by atoms with Crippen molar-refractivity contribution in [2.45, 2.75) is 13.0 Å². The van der Waals surface area contributed by atoms with Crippen molar-refractivity contribution in [3.8, 4) is 11.5 Å². The number of methoxy groups -OCH3 is 1. The summed E-state index contributed by atoms with van der Waals surface area (Å²) in [5.74, 6) is -0.00839. The second-order valence-corrected chi connectivity index (χ2v) is 4.94. The van der Waals surface area contributed by atoms with Crippen LogP contribution in [0.1, 0.15) is 28.9 Å². The van der Waals surface area contributed by atoms with Gasteiger partial charge in [0.2, 0.25) is 6.41 Å². The first-order valence-corrected chi connectivity index (χ1v) is 7.03. The molecule has 0 aliphatic rings. The van der Waals surface area contributed by atoms with Crippen LogP contribution in [-0.4, -0.2) is 24.5 Å². The van der Waals surface area contributed by atoms with Gasteiger partial charge in [-0.2, -0.15) is 0 Å². The highest BCUT2D eigenvalue weighted by molar-refractivity contribution is 5.99. The molecule has 1 atom stereocenters. The van der Waals surface area contributed by atoms with Gasteiger partial charge in [0.1, 0.15) is 5.75 Å². The molecule has 120 valence electrons. The van der Waals surface area contributed by atoms with Gasteiger partial charge in [0.25, 0.3) is 5.91 Å². The molecule has 0 fully saturated rings. The van der Waals surface area contributed by atoms with Crippen LogP contribution in [0.4, 0.5) is 5.69 Å². The number of benzene rings is 2. The standard InChI is InChI=1S/C17H18N2O4/c1-11(12-5-3-6-13(9-12)23-2)19-17(22)14-7-4-8-15(16(14)21)18-10-20/h3-11,21H,1-2H3,(H,18,20)(H,19,22). The molecule has 0 saturated heterocycles. The van der Waals surface area contributed by atoms with Crippen LogP contribution < -0.4 is 15.4 Å². The number of carbonyl (C=O) groups excluding carboxylic acids is 2. The van der Waals surface area contributed by atoms with Gasteiger partial charge in [-0.3, -0.25) is 9.59 Å². The van der Waals surface area contributed by atoms with Crippen LogP contribution in [0.2, 0.25) is 0 Å². The van der Waals surface area contributed by atoms with E-state index in [0.717, 1.165) is 5.56 Å². The zero-order valence-corrected chi connectivity index (χ0v) is 12.9. The third-order valence-corrected chi connectivity index (χ3v) is 3.44. The number of hydrogen-bond donors (Lipinski definition) is 3. The fraction of sp³-hybridized carbons (Fsp3) is 0.176. The first-order valence-electron chi connectivity index (χ1n) is 7.03. The zero-order valence-electron chi connectivity index (χ0n) is 12.9. The van der Waals surface area contributed by atoms with Crippen LogP contribution in [0.25, 0.3) is 0 Å². The summed E-state index contributed by atoms with van der Waals surface area (Å²) in [5, 5.41) is 15.2. The summed E-state index contributed by atoms with van der Waals surface area (Å²) in [4.78, 5) is 22.8. The molecule has 6 nitrogen and oxygen atoms in total. The van der Waals surface area contributed by atoms with Crippen LogP contribution in [0.15, 0.2) is 42.5 Å². The van der Waals surface area contributed by atoms with E-state index in [2.05, 4.69) is 10.6 Å². The minimum atomic E-state index is -0.438. The lowest BCUT2D eigenvalue weighted by atomic mass is 10.1. The van der Waals surface area contributed by atoms with Gasteiger partial charge in [-0.15, -0.1) is 0 Å². The maximum absolute atomic E-state index is 12.3. The van der Waals surface area contributed by atoms with Crippen LogP contribution >= 0.6 is 0 Å². The first-order chi connectivity index (χ1) is 11.1. The molecule has 6 heteroatoms. The zero-order chi connectivity index (χ0) is 16.8. The molecule has 0 bridgehead atoms. The third-order valence-electron chi connectivity index (χ3n) is 3.44. The minimum Gasteiger partial charge on any atom is -0.505 e. The van der Waals surface area contributed by atoms with Gasteiger partial charge in [0.15, 0.2) is 5.75 Å². The summed E-state index contributed by atoms with van der Waals surface area (Å²) in [6.45, 7) is 1.83. The second-order valence-electron chi connectivity index (χ2n) is 4.94. The Balaban J connectivity index is 2.18. The van der Waals surface area contributed by atoms with Crippen LogP contribution in [0.3, 0.4) is 0 Å². The number of para-hydroxylation sites is 1. The molecule has 0 radical (unpaired) electrons. The highest BCUT2D eigenvalue weighted by atomic mass is 16.5. The molecule has 0 heterocycles. The molecular formula is C17H18N2O4. The van der Waals surface area contributed by atoms with E-state index in [1.165, 1.54) is 12.1 Å². The van der Waals surface area contributed by atoms with E-state index in [1.807, 2.05) is 31.2 Å². The smallest absolute Gasteiger partial charge is 0.255 e. The van der Waals surface area contributed by atoms with Crippen molar-refractivity contribution < 1.29 is 19.4 Å². The number of phenols is 1. The number of carbonyl (C=O) groups is 2. The third kappa shape index (κ3) is 3.79. The van der Waals surface area contributed by atoms with Gasteiger partial charge in [-0.1, -0.05) is 18.2 Å². The van der Waals surface area contributed by atoms with Gasteiger partial charge >= 0.3 is 0 Å². The summed E-state index contributed by atoms with van der Waals surface area (Å²) in [5.41, 5.74) is 1.15. The number of anilines is 1. The average Bonchev–Trinajstić information content (AvgIpc) is 2.56. The number of ether oxygens (including phenoxy) is 1. The SMILES string of the molecule is COc1cccc(C(C)NC(=O)c2cccc(NC=O)c2O)c1. The molecule has 0 saturated carbocycles. The highest BCUT2D eigenvalue weighted by Gasteiger charge is 2.17. The normalized spacial score (nSPS) is 11.4. The van der Waals surface area contributed by atoms with E-state index in [0.29, 0.717) is 12.2 Å². The predicted molar refractivity (Wildman–Crippen MR) is 86.7 cm³/mol. The average molecular weight is 314 g/mol. The maximum Gasteiger partial charge on any atom is 0.255 e. The summed E-state index contributed by atoms with van der Waals surface area (Å²) < 4.78 is 5.16. The van der Waals surface area contributed by atoms with Gasteiger partial charge in [-0.25, -0.2) is 0 Å². The number of nitrogens with one attached hydrogen (secondary N) is 2. The topological polar surface area (TPSA) is 87.7 Å². The molecule has 0 spiro atoms. The summed E-state index contributed by atoms with van der Waals surface area (Å²) >= 11 is 0. The van der Waals surface area contributed by atoms with Crippen LogP contribution in [-0.2, 0) is 4.79 Å². The van der Waals surface area contributed by atoms with E-state index in [4.69, 9.17) is 4.74 Å².